The zero-order valence-corrected chi connectivity index (χ0v) is 11.7. The monoisotopic (exact) mass is 265 g/mol. The van der Waals surface area contributed by atoms with Gasteiger partial charge in [-0.05, 0) is 44.6 Å². The topological polar surface area (TPSA) is 40.5 Å². The van der Waals surface area contributed by atoms with Crippen LogP contribution in [0.25, 0.3) is 0 Å². The van der Waals surface area contributed by atoms with Crippen LogP contribution in [-0.4, -0.2) is 28.1 Å². The van der Waals surface area contributed by atoms with Crippen LogP contribution in [0.5, 0.6) is 5.75 Å². The molecule has 1 heterocycles. The van der Waals surface area contributed by atoms with Crippen LogP contribution in [0.15, 0.2) is 24.3 Å². The van der Waals surface area contributed by atoms with E-state index in [1.165, 1.54) is 0 Å². The van der Waals surface area contributed by atoms with Crippen LogP contribution in [0.1, 0.15) is 26.7 Å². The number of carbonyl (C=O) groups is 1. The number of nitrogens with zero attached hydrogens (tertiary/aromatic N) is 1. The number of rotatable bonds is 3. The minimum Gasteiger partial charge on any atom is -0.508 e. The first-order valence-corrected chi connectivity index (χ1v) is 7.30. The SMILES string of the molecule is CCN(C(=O)C1(C)CCCS1)c1cccc(O)c1. The minimum atomic E-state index is -0.304. The fourth-order valence-electron chi connectivity index (χ4n) is 2.34. The third-order valence-corrected chi connectivity index (χ3v) is 4.88. The molecule has 0 aromatic heterocycles. The summed E-state index contributed by atoms with van der Waals surface area (Å²) in [7, 11) is 0. The van der Waals surface area contributed by atoms with E-state index < -0.39 is 0 Å². The molecule has 1 N–H and O–H groups in total. The van der Waals surface area contributed by atoms with Crippen molar-refractivity contribution in [2.24, 2.45) is 0 Å². The van der Waals surface area contributed by atoms with E-state index >= 15 is 0 Å². The molecular weight excluding hydrogens is 246 g/mol. The Labute approximate surface area is 112 Å². The highest BCUT2D eigenvalue weighted by molar-refractivity contribution is 8.01. The summed E-state index contributed by atoms with van der Waals surface area (Å²) in [4.78, 5) is 14.4. The second-order valence-corrected chi connectivity index (χ2v) is 6.35. The number of carbonyl (C=O) groups excluding carboxylic acids is 1. The predicted molar refractivity (Wildman–Crippen MR) is 76.2 cm³/mol. The fourth-order valence-corrected chi connectivity index (χ4v) is 3.60. The normalized spacial score (nSPS) is 23.0. The van der Waals surface area contributed by atoms with Gasteiger partial charge in [-0.3, -0.25) is 4.79 Å². The van der Waals surface area contributed by atoms with E-state index in [0.29, 0.717) is 6.54 Å². The van der Waals surface area contributed by atoms with Gasteiger partial charge in [-0.15, -0.1) is 11.8 Å². The van der Waals surface area contributed by atoms with Gasteiger partial charge in [0.2, 0.25) is 5.91 Å². The minimum absolute atomic E-state index is 0.151. The summed E-state index contributed by atoms with van der Waals surface area (Å²) in [5, 5.41) is 9.53. The number of benzene rings is 1. The molecule has 1 aliphatic rings. The van der Waals surface area contributed by atoms with Crippen LogP contribution in [0.4, 0.5) is 5.69 Å². The predicted octanol–water partition coefficient (Wildman–Crippen LogP) is 3.03. The lowest BCUT2D eigenvalue weighted by Gasteiger charge is -2.30. The van der Waals surface area contributed by atoms with E-state index in [1.54, 1.807) is 34.9 Å². The number of anilines is 1. The maximum absolute atomic E-state index is 12.6. The number of aromatic hydroxyl groups is 1. The third kappa shape index (κ3) is 2.48. The Balaban J connectivity index is 2.26. The van der Waals surface area contributed by atoms with Crippen LogP contribution in [-0.2, 0) is 4.79 Å². The van der Waals surface area contributed by atoms with Gasteiger partial charge in [0.1, 0.15) is 5.75 Å². The Bertz CT molecular complexity index is 441. The first-order valence-electron chi connectivity index (χ1n) is 6.32. The van der Waals surface area contributed by atoms with Crippen molar-refractivity contribution in [1.29, 1.82) is 0 Å². The van der Waals surface area contributed by atoms with Gasteiger partial charge in [-0.2, -0.15) is 0 Å². The lowest BCUT2D eigenvalue weighted by atomic mass is 10.0. The highest BCUT2D eigenvalue weighted by atomic mass is 32.2. The molecule has 1 unspecified atom stereocenters. The quantitative estimate of drug-likeness (QED) is 0.913. The molecule has 1 atom stereocenters. The van der Waals surface area contributed by atoms with Gasteiger partial charge in [0.05, 0.1) is 4.75 Å². The molecule has 1 saturated heterocycles. The third-order valence-electron chi connectivity index (χ3n) is 3.37. The number of phenolic OH excluding ortho intramolecular Hbond substituents is 1. The van der Waals surface area contributed by atoms with Crippen LogP contribution in [0.3, 0.4) is 0 Å². The lowest BCUT2D eigenvalue weighted by molar-refractivity contribution is -0.120. The first-order chi connectivity index (χ1) is 8.57. The van der Waals surface area contributed by atoms with E-state index in [2.05, 4.69) is 0 Å². The van der Waals surface area contributed by atoms with Gasteiger partial charge >= 0.3 is 0 Å². The average Bonchev–Trinajstić information content (AvgIpc) is 2.78. The van der Waals surface area contributed by atoms with E-state index in [4.69, 9.17) is 0 Å². The highest BCUT2D eigenvalue weighted by Crippen LogP contribution is 2.40. The summed E-state index contributed by atoms with van der Waals surface area (Å²) >= 11 is 1.74. The number of amides is 1. The molecule has 1 aliphatic heterocycles. The van der Waals surface area contributed by atoms with Crippen molar-refractivity contribution in [3.8, 4) is 5.75 Å². The largest absolute Gasteiger partial charge is 0.508 e. The Kier molecular flexibility index (Phi) is 3.85. The first kappa shape index (κ1) is 13.3. The molecule has 3 nitrogen and oxygen atoms in total. The molecule has 1 aromatic rings. The van der Waals surface area contributed by atoms with Gasteiger partial charge in [0.25, 0.3) is 0 Å². The van der Waals surface area contributed by atoms with Gasteiger partial charge < -0.3 is 10.0 Å². The van der Waals surface area contributed by atoms with Crippen molar-refractivity contribution in [2.75, 3.05) is 17.2 Å². The Hall–Kier alpha value is -1.16. The highest BCUT2D eigenvalue weighted by Gasteiger charge is 2.40. The van der Waals surface area contributed by atoms with Crippen LogP contribution < -0.4 is 4.90 Å². The summed E-state index contributed by atoms with van der Waals surface area (Å²) in [6.45, 7) is 4.61. The molecule has 98 valence electrons. The average molecular weight is 265 g/mol. The zero-order valence-electron chi connectivity index (χ0n) is 10.8. The van der Waals surface area contributed by atoms with Crippen molar-refractivity contribution < 1.29 is 9.90 Å². The number of hydrogen-bond acceptors (Lipinski definition) is 3. The molecule has 0 bridgehead atoms. The number of hydrogen-bond donors (Lipinski definition) is 1. The van der Waals surface area contributed by atoms with E-state index in [-0.39, 0.29) is 16.4 Å². The molecule has 0 radical (unpaired) electrons. The van der Waals surface area contributed by atoms with E-state index in [0.717, 1.165) is 24.3 Å². The van der Waals surface area contributed by atoms with Crippen molar-refractivity contribution in [2.45, 2.75) is 31.4 Å². The van der Waals surface area contributed by atoms with Crippen LogP contribution >= 0.6 is 11.8 Å². The molecule has 1 aromatic carbocycles. The molecule has 1 fully saturated rings. The Morgan fingerprint density at radius 1 is 1.56 bits per heavy atom. The molecule has 1 amide bonds. The molecule has 4 heteroatoms. The maximum atomic E-state index is 12.6. The molecule has 0 saturated carbocycles. The van der Waals surface area contributed by atoms with Crippen molar-refractivity contribution >= 4 is 23.4 Å². The summed E-state index contributed by atoms with van der Waals surface area (Å²) < 4.78 is -0.304. The van der Waals surface area contributed by atoms with Gasteiger partial charge in [0.15, 0.2) is 0 Å². The van der Waals surface area contributed by atoms with E-state index in [9.17, 15) is 9.90 Å². The van der Waals surface area contributed by atoms with Crippen LogP contribution in [0.2, 0.25) is 0 Å². The Morgan fingerprint density at radius 3 is 2.89 bits per heavy atom. The summed E-state index contributed by atoms with van der Waals surface area (Å²) in [6.07, 6.45) is 2.04. The van der Waals surface area contributed by atoms with Gasteiger partial charge in [-0.1, -0.05) is 6.07 Å². The van der Waals surface area contributed by atoms with E-state index in [1.807, 2.05) is 19.9 Å². The molecule has 18 heavy (non-hydrogen) atoms. The second-order valence-electron chi connectivity index (χ2n) is 4.75. The van der Waals surface area contributed by atoms with Gasteiger partial charge in [0, 0.05) is 18.3 Å². The summed E-state index contributed by atoms with van der Waals surface area (Å²) in [5.41, 5.74) is 0.774. The maximum Gasteiger partial charge on any atom is 0.242 e. The van der Waals surface area contributed by atoms with Crippen molar-refractivity contribution in [3.63, 3.8) is 0 Å². The van der Waals surface area contributed by atoms with Gasteiger partial charge in [-0.25, -0.2) is 0 Å². The zero-order chi connectivity index (χ0) is 13.2. The molecule has 0 aliphatic carbocycles. The van der Waals surface area contributed by atoms with Crippen LogP contribution in [0, 0.1) is 0 Å². The fraction of sp³-hybridized carbons (Fsp3) is 0.500. The number of thioether (sulfide) groups is 1. The molecular formula is C14H19NO2S. The smallest absolute Gasteiger partial charge is 0.242 e. The lowest BCUT2D eigenvalue weighted by Crippen LogP contribution is -2.43. The van der Waals surface area contributed by atoms with Crippen molar-refractivity contribution in [3.05, 3.63) is 24.3 Å². The molecule has 0 spiro atoms. The summed E-state index contributed by atoms with van der Waals surface area (Å²) in [6, 6.07) is 6.90. The summed E-state index contributed by atoms with van der Waals surface area (Å²) in [5.74, 6) is 1.40. The number of phenols is 1. The second kappa shape index (κ2) is 5.22. The van der Waals surface area contributed by atoms with Crippen molar-refractivity contribution in [1.82, 2.24) is 0 Å². The molecule has 2 rings (SSSR count). The Morgan fingerprint density at radius 2 is 2.33 bits per heavy atom. The standard InChI is InChI=1S/C14H19NO2S/c1-3-15(11-6-4-7-12(16)10-11)13(17)14(2)8-5-9-18-14/h4,6-7,10,16H,3,5,8-9H2,1-2H3.